The van der Waals surface area contributed by atoms with E-state index >= 15 is 0 Å². The molecule has 0 fully saturated rings. The Labute approximate surface area is 87.9 Å². The lowest BCUT2D eigenvalue weighted by Crippen LogP contribution is -2.04. The summed E-state index contributed by atoms with van der Waals surface area (Å²) in [5, 5.41) is -0.551. The number of nitrogens with zero attached hydrogens (tertiary/aromatic N) is 2. The predicted octanol–water partition coefficient (Wildman–Crippen LogP) is 2.94. The van der Waals surface area contributed by atoms with Crippen LogP contribution in [0.25, 0.3) is 5.69 Å². The standard InChI is InChI=1S/C9H4ClF3N2/c10-5-7(15-3-1-2-4-15)6(11)9(13)14-8(5)12/h1-4H. The first kappa shape index (κ1) is 10.0. The van der Waals surface area contributed by atoms with E-state index in [-0.39, 0.29) is 5.69 Å². The molecule has 0 unspecified atom stereocenters. The van der Waals surface area contributed by atoms with E-state index in [2.05, 4.69) is 4.98 Å². The minimum absolute atomic E-state index is 0.383. The van der Waals surface area contributed by atoms with Crippen molar-refractivity contribution in [2.45, 2.75) is 0 Å². The molecule has 0 aromatic carbocycles. The molecule has 0 aliphatic rings. The Morgan fingerprint density at radius 3 is 2.27 bits per heavy atom. The quantitative estimate of drug-likeness (QED) is 0.692. The largest absolute Gasteiger partial charge is 0.320 e. The fraction of sp³-hybridized carbons (Fsp3) is 0. The van der Waals surface area contributed by atoms with E-state index in [4.69, 9.17) is 11.6 Å². The molecule has 0 aliphatic carbocycles. The maximum Gasteiger partial charge on any atom is 0.253 e. The highest BCUT2D eigenvalue weighted by molar-refractivity contribution is 6.32. The van der Waals surface area contributed by atoms with Gasteiger partial charge in [-0.05, 0) is 12.1 Å². The smallest absolute Gasteiger partial charge is 0.253 e. The van der Waals surface area contributed by atoms with Crippen LogP contribution < -0.4 is 0 Å². The van der Waals surface area contributed by atoms with E-state index in [9.17, 15) is 13.2 Å². The zero-order valence-corrected chi connectivity index (χ0v) is 7.97. The first-order chi connectivity index (χ1) is 7.11. The van der Waals surface area contributed by atoms with Crippen molar-refractivity contribution in [1.82, 2.24) is 9.55 Å². The topological polar surface area (TPSA) is 17.8 Å². The maximum absolute atomic E-state index is 13.3. The minimum atomic E-state index is -1.51. The average molecular weight is 233 g/mol. The van der Waals surface area contributed by atoms with Gasteiger partial charge in [-0.1, -0.05) is 11.6 Å². The zero-order chi connectivity index (χ0) is 11.0. The Morgan fingerprint density at radius 1 is 1.07 bits per heavy atom. The van der Waals surface area contributed by atoms with Crippen LogP contribution in [0.15, 0.2) is 24.5 Å². The fourth-order valence-electron chi connectivity index (χ4n) is 1.19. The van der Waals surface area contributed by atoms with Gasteiger partial charge in [-0.15, -0.1) is 0 Å². The lowest BCUT2D eigenvalue weighted by molar-refractivity contribution is 0.444. The summed E-state index contributed by atoms with van der Waals surface area (Å²) in [6.07, 6.45) is 2.84. The number of pyridine rings is 1. The summed E-state index contributed by atoms with van der Waals surface area (Å²) < 4.78 is 40.2. The normalized spacial score (nSPS) is 10.7. The molecule has 0 bridgehead atoms. The van der Waals surface area contributed by atoms with Gasteiger partial charge in [0.25, 0.3) is 5.95 Å². The number of halogens is 4. The van der Waals surface area contributed by atoms with Crippen LogP contribution in [0.3, 0.4) is 0 Å². The van der Waals surface area contributed by atoms with E-state index in [0.717, 1.165) is 0 Å². The van der Waals surface area contributed by atoms with Crippen molar-refractivity contribution in [3.63, 3.8) is 0 Å². The van der Waals surface area contributed by atoms with Crippen molar-refractivity contribution in [3.05, 3.63) is 47.3 Å². The Morgan fingerprint density at radius 2 is 1.67 bits per heavy atom. The van der Waals surface area contributed by atoms with Gasteiger partial charge in [0.1, 0.15) is 10.7 Å². The molecule has 2 rings (SSSR count). The van der Waals surface area contributed by atoms with E-state index in [0.29, 0.717) is 0 Å². The lowest BCUT2D eigenvalue weighted by atomic mass is 10.3. The molecule has 0 saturated heterocycles. The second-order valence-electron chi connectivity index (χ2n) is 2.76. The fourth-order valence-corrected chi connectivity index (χ4v) is 1.41. The average Bonchev–Trinajstić information content (AvgIpc) is 2.69. The van der Waals surface area contributed by atoms with E-state index in [1.54, 1.807) is 12.1 Å². The van der Waals surface area contributed by atoms with Gasteiger partial charge in [0.2, 0.25) is 11.8 Å². The minimum Gasteiger partial charge on any atom is -0.320 e. The van der Waals surface area contributed by atoms with Crippen LogP contribution in [0, 0.1) is 17.7 Å². The monoisotopic (exact) mass is 232 g/mol. The predicted molar refractivity (Wildman–Crippen MR) is 48.4 cm³/mol. The molecule has 2 nitrogen and oxygen atoms in total. The third-order valence-electron chi connectivity index (χ3n) is 1.84. The molecule has 0 saturated carbocycles. The van der Waals surface area contributed by atoms with Crippen LogP contribution in [-0.2, 0) is 0 Å². The van der Waals surface area contributed by atoms with E-state index in [1.807, 2.05) is 0 Å². The van der Waals surface area contributed by atoms with E-state index in [1.165, 1.54) is 17.0 Å². The Balaban J connectivity index is 2.75. The van der Waals surface area contributed by atoms with Gasteiger partial charge < -0.3 is 4.57 Å². The van der Waals surface area contributed by atoms with Crippen LogP contribution in [0.1, 0.15) is 0 Å². The van der Waals surface area contributed by atoms with Crippen LogP contribution in [0.2, 0.25) is 5.02 Å². The van der Waals surface area contributed by atoms with Crippen LogP contribution in [0.4, 0.5) is 13.2 Å². The van der Waals surface area contributed by atoms with E-state index < -0.39 is 22.7 Å². The summed E-state index contributed by atoms with van der Waals surface area (Å²) in [6, 6.07) is 3.15. The summed E-state index contributed by atoms with van der Waals surface area (Å²) in [5.41, 5.74) is -0.383. The van der Waals surface area contributed by atoms with Crippen molar-refractivity contribution in [1.29, 1.82) is 0 Å². The molecule has 0 N–H and O–H groups in total. The van der Waals surface area contributed by atoms with Crippen LogP contribution in [0.5, 0.6) is 0 Å². The highest BCUT2D eigenvalue weighted by Gasteiger charge is 2.19. The molecule has 15 heavy (non-hydrogen) atoms. The first-order valence-corrected chi connectivity index (χ1v) is 4.32. The van der Waals surface area contributed by atoms with Crippen molar-refractivity contribution in [2.75, 3.05) is 0 Å². The van der Waals surface area contributed by atoms with Gasteiger partial charge in [0.15, 0.2) is 0 Å². The molecule has 78 valence electrons. The summed E-state index contributed by atoms with van der Waals surface area (Å²) in [6.45, 7) is 0. The van der Waals surface area contributed by atoms with Gasteiger partial charge in [0.05, 0.1) is 0 Å². The number of hydrogen-bond donors (Lipinski definition) is 0. The second kappa shape index (κ2) is 3.58. The highest BCUT2D eigenvalue weighted by atomic mass is 35.5. The molecule has 0 spiro atoms. The van der Waals surface area contributed by atoms with Crippen molar-refractivity contribution in [2.24, 2.45) is 0 Å². The third-order valence-corrected chi connectivity index (χ3v) is 2.17. The number of rotatable bonds is 1. The van der Waals surface area contributed by atoms with Gasteiger partial charge in [0, 0.05) is 12.4 Å². The zero-order valence-electron chi connectivity index (χ0n) is 7.22. The van der Waals surface area contributed by atoms with Gasteiger partial charge >= 0.3 is 0 Å². The molecule has 0 amide bonds. The summed E-state index contributed by atoms with van der Waals surface area (Å²) in [7, 11) is 0. The number of hydrogen-bond acceptors (Lipinski definition) is 1. The highest BCUT2D eigenvalue weighted by Crippen LogP contribution is 2.26. The van der Waals surface area contributed by atoms with Gasteiger partial charge in [-0.2, -0.15) is 18.2 Å². The first-order valence-electron chi connectivity index (χ1n) is 3.94. The SMILES string of the molecule is Fc1nc(F)c(Cl)c(-n2cccc2)c1F. The summed E-state index contributed by atoms with van der Waals surface area (Å²) in [4.78, 5) is 2.69. The van der Waals surface area contributed by atoms with Crippen LogP contribution >= 0.6 is 11.6 Å². The maximum atomic E-state index is 13.3. The summed E-state index contributed by atoms with van der Waals surface area (Å²) >= 11 is 5.50. The Bertz CT molecular complexity index is 470. The molecule has 0 aliphatic heterocycles. The molecular formula is C9H4ClF3N2. The third kappa shape index (κ3) is 1.59. The van der Waals surface area contributed by atoms with Crippen LogP contribution in [-0.4, -0.2) is 9.55 Å². The Hall–Kier alpha value is -1.49. The van der Waals surface area contributed by atoms with Crippen molar-refractivity contribution in [3.8, 4) is 5.69 Å². The van der Waals surface area contributed by atoms with Crippen molar-refractivity contribution < 1.29 is 13.2 Å². The molecule has 6 heteroatoms. The van der Waals surface area contributed by atoms with Crippen molar-refractivity contribution >= 4 is 11.6 Å². The lowest BCUT2D eigenvalue weighted by Gasteiger charge is -2.07. The second-order valence-corrected chi connectivity index (χ2v) is 3.14. The molecular weight excluding hydrogens is 229 g/mol. The van der Waals surface area contributed by atoms with Gasteiger partial charge in [-0.3, -0.25) is 0 Å². The molecule has 2 aromatic heterocycles. The van der Waals surface area contributed by atoms with Gasteiger partial charge in [-0.25, -0.2) is 0 Å². The molecule has 2 heterocycles. The molecule has 0 radical (unpaired) electrons. The Kier molecular flexibility index (Phi) is 2.40. The molecule has 0 atom stereocenters. The number of aromatic nitrogens is 2. The molecule has 2 aromatic rings. The summed E-state index contributed by atoms with van der Waals surface area (Å²) in [5.74, 6) is -4.03.